The van der Waals surface area contributed by atoms with Gasteiger partial charge in [-0.3, -0.25) is 4.79 Å². The molecule has 25 heavy (non-hydrogen) atoms. The molecule has 6 nitrogen and oxygen atoms in total. The number of carbonyl (C=O) groups is 2. The van der Waals surface area contributed by atoms with Gasteiger partial charge in [0.15, 0.2) is 11.5 Å². The first-order valence-electron chi connectivity index (χ1n) is 7.57. The van der Waals surface area contributed by atoms with Gasteiger partial charge in [-0.1, -0.05) is 36.4 Å². The number of hydrogen-bond acceptors (Lipinski definition) is 4. The molecule has 6 heteroatoms. The van der Waals surface area contributed by atoms with Crippen molar-refractivity contribution in [2.75, 3.05) is 7.11 Å². The Bertz CT molecular complexity index is 784. The number of carbonyl (C=O) groups excluding carboxylic acids is 1. The molecule has 2 N–H and O–H groups in total. The first-order valence-corrected chi connectivity index (χ1v) is 7.57. The number of methoxy groups -OCH3 is 1. The minimum absolute atomic E-state index is 0.216. The molecule has 2 aromatic rings. The highest BCUT2D eigenvalue weighted by Crippen LogP contribution is 2.29. The van der Waals surface area contributed by atoms with Crippen LogP contribution in [0.4, 0.5) is 0 Å². The molecule has 0 aliphatic carbocycles. The highest BCUT2D eigenvalue weighted by molar-refractivity contribution is 5.96. The van der Waals surface area contributed by atoms with Crippen molar-refractivity contribution in [3.05, 3.63) is 65.4 Å². The maximum atomic E-state index is 11.2. The van der Waals surface area contributed by atoms with Crippen LogP contribution in [0.5, 0.6) is 11.5 Å². The number of aliphatic carboxylic acids is 1. The normalized spacial score (nSPS) is 10.9. The van der Waals surface area contributed by atoms with Crippen molar-refractivity contribution in [3.8, 4) is 11.5 Å². The van der Waals surface area contributed by atoms with Gasteiger partial charge < -0.3 is 19.9 Å². The molecule has 2 rings (SSSR count). The minimum atomic E-state index is -1.22. The summed E-state index contributed by atoms with van der Waals surface area (Å²) >= 11 is 0. The molecule has 0 saturated carbocycles. The monoisotopic (exact) mass is 341 g/mol. The van der Waals surface area contributed by atoms with Crippen LogP contribution in [0, 0.1) is 0 Å². The van der Waals surface area contributed by atoms with Crippen LogP contribution in [-0.4, -0.2) is 24.1 Å². The van der Waals surface area contributed by atoms with Crippen LogP contribution in [0.2, 0.25) is 0 Å². The van der Waals surface area contributed by atoms with Crippen LogP contribution in [0.1, 0.15) is 18.1 Å². The summed E-state index contributed by atoms with van der Waals surface area (Å²) in [6, 6.07) is 14.7. The minimum Gasteiger partial charge on any atom is -0.493 e. The third-order valence-electron chi connectivity index (χ3n) is 3.28. The molecule has 0 saturated heterocycles. The Hall–Kier alpha value is -3.28. The molecule has 0 aliphatic rings. The number of ether oxygens (including phenoxy) is 2. The molecule has 0 fully saturated rings. The molecule has 0 aliphatic heterocycles. The standard InChI is InChI=1S/C19H19NO5/c1-13(21)20-16(19(22)23)10-15-8-9-17(24-2)18(11-15)25-12-14-6-4-3-5-7-14/h3-11H,12H2,1-2H3,(H,20,21)(H,22,23). The highest BCUT2D eigenvalue weighted by Gasteiger charge is 2.11. The largest absolute Gasteiger partial charge is 0.493 e. The Morgan fingerprint density at radius 3 is 2.44 bits per heavy atom. The van der Waals surface area contributed by atoms with Crippen LogP contribution in [0.3, 0.4) is 0 Å². The molecule has 0 atom stereocenters. The van der Waals surface area contributed by atoms with Gasteiger partial charge in [0.1, 0.15) is 12.3 Å². The lowest BCUT2D eigenvalue weighted by molar-refractivity contribution is -0.134. The number of nitrogens with one attached hydrogen (secondary N) is 1. The smallest absolute Gasteiger partial charge is 0.352 e. The predicted molar refractivity (Wildman–Crippen MR) is 93.2 cm³/mol. The molecule has 0 bridgehead atoms. The van der Waals surface area contributed by atoms with E-state index in [1.807, 2.05) is 30.3 Å². The lowest BCUT2D eigenvalue weighted by Crippen LogP contribution is -2.24. The summed E-state index contributed by atoms with van der Waals surface area (Å²) in [5, 5.41) is 11.5. The van der Waals surface area contributed by atoms with Crippen molar-refractivity contribution in [2.24, 2.45) is 0 Å². The van der Waals surface area contributed by atoms with E-state index in [0.29, 0.717) is 23.7 Å². The van der Waals surface area contributed by atoms with Gasteiger partial charge in [0.2, 0.25) is 5.91 Å². The summed E-state index contributed by atoms with van der Waals surface area (Å²) in [7, 11) is 1.53. The number of carboxylic acid groups (broad SMARTS) is 1. The summed E-state index contributed by atoms with van der Waals surface area (Å²) in [5.41, 5.74) is 1.34. The quantitative estimate of drug-likeness (QED) is 0.757. The molecular weight excluding hydrogens is 322 g/mol. The fourth-order valence-electron chi connectivity index (χ4n) is 2.14. The van der Waals surface area contributed by atoms with E-state index in [4.69, 9.17) is 14.6 Å². The van der Waals surface area contributed by atoms with E-state index in [1.54, 1.807) is 18.2 Å². The van der Waals surface area contributed by atoms with Crippen LogP contribution in [-0.2, 0) is 16.2 Å². The fraction of sp³-hybridized carbons (Fsp3) is 0.158. The molecule has 130 valence electrons. The molecule has 0 unspecified atom stereocenters. The Balaban J connectivity index is 2.26. The topological polar surface area (TPSA) is 84.9 Å². The lowest BCUT2D eigenvalue weighted by atomic mass is 10.1. The van der Waals surface area contributed by atoms with E-state index in [1.165, 1.54) is 20.1 Å². The van der Waals surface area contributed by atoms with E-state index >= 15 is 0 Å². The van der Waals surface area contributed by atoms with E-state index in [2.05, 4.69) is 5.32 Å². The number of benzene rings is 2. The Morgan fingerprint density at radius 2 is 1.84 bits per heavy atom. The van der Waals surface area contributed by atoms with Crippen molar-refractivity contribution >= 4 is 18.0 Å². The third-order valence-corrected chi connectivity index (χ3v) is 3.28. The van der Waals surface area contributed by atoms with E-state index < -0.39 is 11.9 Å². The number of amides is 1. The van der Waals surface area contributed by atoms with Crippen molar-refractivity contribution < 1.29 is 24.2 Å². The van der Waals surface area contributed by atoms with Crippen LogP contribution in [0.25, 0.3) is 6.08 Å². The van der Waals surface area contributed by atoms with Gasteiger partial charge in [-0.25, -0.2) is 4.79 Å². The van der Waals surface area contributed by atoms with Crippen LogP contribution >= 0.6 is 0 Å². The third kappa shape index (κ3) is 5.39. The van der Waals surface area contributed by atoms with Gasteiger partial charge in [0.25, 0.3) is 0 Å². The number of rotatable bonds is 7. The van der Waals surface area contributed by atoms with Crippen molar-refractivity contribution in [1.82, 2.24) is 5.32 Å². The highest BCUT2D eigenvalue weighted by atomic mass is 16.5. The second-order valence-corrected chi connectivity index (χ2v) is 5.23. The average molecular weight is 341 g/mol. The first-order chi connectivity index (χ1) is 12.0. The first kappa shape index (κ1) is 18.1. The Kier molecular flexibility index (Phi) is 6.17. The molecule has 0 aromatic heterocycles. The lowest BCUT2D eigenvalue weighted by Gasteiger charge is -2.12. The van der Waals surface area contributed by atoms with Crippen molar-refractivity contribution in [1.29, 1.82) is 0 Å². The van der Waals surface area contributed by atoms with Crippen LogP contribution in [0.15, 0.2) is 54.2 Å². The van der Waals surface area contributed by atoms with Crippen LogP contribution < -0.4 is 14.8 Å². The maximum Gasteiger partial charge on any atom is 0.352 e. The van der Waals surface area contributed by atoms with Gasteiger partial charge in [0, 0.05) is 6.92 Å². The zero-order chi connectivity index (χ0) is 18.2. The zero-order valence-electron chi connectivity index (χ0n) is 14.0. The van der Waals surface area contributed by atoms with Gasteiger partial charge in [0.05, 0.1) is 7.11 Å². The Morgan fingerprint density at radius 1 is 1.12 bits per heavy atom. The SMILES string of the molecule is COc1ccc(C=C(NC(C)=O)C(=O)O)cc1OCc1ccccc1. The second kappa shape index (κ2) is 8.54. The summed E-state index contributed by atoms with van der Waals surface area (Å²) in [6.07, 6.45) is 1.36. The van der Waals surface area contributed by atoms with Gasteiger partial charge in [-0.05, 0) is 29.3 Å². The number of hydrogen-bond donors (Lipinski definition) is 2. The maximum absolute atomic E-state index is 11.2. The van der Waals surface area contributed by atoms with Crippen molar-refractivity contribution in [2.45, 2.75) is 13.5 Å². The van der Waals surface area contributed by atoms with Crippen molar-refractivity contribution in [3.63, 3.8) is 0 Å². The second-order valence-electron chi connectivity index (χ2n) is 5.23. The van der Waals surface area contributed by atoms with E-state index in [-0.39, 0.29) is 5.70 Å². The molecule has 2 aromatic carbocycles. The zero-order valence-corrected chi connectivity index (χ0v) is 14.0. The van der Waals surface area contributed by atoms with E-state index in [0.717, 1.165) is 5.56 Å². The van der Waals surface area contributed by atoms with Gasteiger partial charge >= 0.3 is 5.97 Å². The van der Waals surface area contributed by atoms with Gasteiger partial charge in [-0.2, -0.15) is 0 Å². The van der Waals surface area contributed by atoms with E-state index in [9.17, 15) is 9.59 Å². The summed E-state index contributed by atoms with van der Waals surface area (Å²) in [6.45, 7) is 1.60. The molecule has 1 amide bonds. The molecule has 0 heterocycles. The molecule has 0 radical (unpaired) electrons. The molecule has 0 spiro atoms. The number of carboxylic acids is 1. The fourth-order valence-corrected chi connectivity index (χ4v) is 2.14. The summed E-state index contributed by atoms with van der Waals surface area (Å²) in [5.74, 6) is -0.669. The summed E-state index contributed by atoms with van der Waals surface area (Å²) in [4.78, 5) is 22.3. The summed E-state index contributed by atoms with van der Waals surface area (Å²) < 4.78 is 11.1. The Labute approximate surface area is 145 Å². The predicted octanol–water partition coefficient (Wildman–Crippen LogP) is 2.84. The molecular formula is C19H19NO5. The average Bonchev–Trinajstić information content (AvgIpc) is 2.60. The van der Waals surface area contributed by atoms with Gasteiger partial charge in [-0.15, -0.1) is 0 Å².